The van der Waals surface area contributed by atoms with Gasteiger partial charge in [-0.3, -0.25) is 4.79 Å². The Morgan fingerprint density at radius 3 is 2.89 bits per heavy atom. The number of fused-ring (bicyclic) bond motifs is 1. The zero-order chi connectivity index (χ0) is 20.1. The average molecular weight is 387 g/mol. The van der Waals surface area contributed by atoms with Crippen LogP contribution in [0.25, 0.3) is 0 Å². The van der Waals surface area contributed by atoms with Crippen LogP contribution in [0.1, 0.15) is 22.8 Å². The maximum absolute atomic E-state index is 14.3. The largest absolute Gasteiger partial charge is 0.485 e. The summed E-state index contributed by atoms with van der Waals surface area (Å²) in [5.41, 5.74) is 5.50. The number of carbonyl (C=O) groups excluding carboxylic acids is 1. The fourth-order valence-electron chi connectivity index (χ4n) is 3.91. The summed E-state index contributed by atoms with van der Waals surface area (Å²) >= 11 is 0. The molecule has 0 saturated heterocycles. The molecule has 0 saturated carbocycles. The van der Waals surface area contributed by atoms with Crippen molar-refractivity contribution in [2.24, 2.45) is 0 Å². The zero-order valence-electron chi connectivity index (χ0n) is 15.4. The van der Waals surface area contributed by atoms with Gasteiger partial charge in [-0.15, -0.1) is 0 Å². The summed E-state index contributed by atoms with van der Waals surface area (Å²) in [5.74, 6) is -3.35. The van der Waals surface area contributed by atoms with Gasteiger partial charge in [0.05, 0.1) is 12.6 Å². The van der Waals surface area contributed by atoms with E-state index in [0.29, 0.717) is 24.3 Å². The minimum atomic E-state index is -3.47. The van der Waals surface area contributed by atoms with Crippen molar-refractivity contribution in [2.45, 2.75) is 37.0 Å². The number of aliphatic hydroxyl groups excluding tert-OH is 1. The van der Waals surface area contributed by atoms with Gasteiger partial charge < -0.3 is 19.9 Å². The highest BCUT2D eigenvalue weighted by Crippen LogP contribution is 2.42. The second-order valence-corrected chi connectivity index (χ2v) is 7.45. The van der Waals surface area contributed by atoms with Gasteiger partial charge in [-0.05, 0) is 48.4 Å². The summed E-state index contributed by atoms with van der Waals surface area (Å²) in [6.07, 6.45) is 0.915. The third-order valence-corrected chi connectivity index (χ3v) is 5.20. The Balaban J connectivity index is 1.55. The predicted octanol–water partition coefficient (Wildman–Crippen LogP) is 2.31. The lowest BCUT2D eigenvalue weighted by Gasteiger charge is -2.22. The van der Waals surface area contributed by atoms with Crippen LogP contribution < -0.4 is 10.1 Å². The van der Waals surface area contributed by atoms with Crippen molar-refractivity contribution >= 4 is 5.91 Å². The molecule has 1 aromatic rings. The third-order valence-electron chi connectivity index (χ3n) is 5.20. The second kappa shape index (κ2) is 6.43. The number of rotatable bonds is 4. The lowest BCUT2D eigenvalue weighted by molar-refractivity contribution is -0.0719. The highest BCUT2D eigenvalue weighted by atomic mass is 19.3. The first-order valence-corrected chi connectivity index (χ1v) is 8.85. The molecule has 146 valence electrons. The number of amides is 1. The lowest BCUT2D eigenvalue weighted by atomic mass is 9.98. The van der Waals surface area contributed by atoms with Gasteiger partial charge in [0, 0.05) is 24.7 Å². The molecule has 5 nitrogen and oxygen atoms in total. The molecule has 7 heteroatoms. The molecule has 4 rings (SSSR count). The number of alkyl halides is 2. The zero-order valence-corrected chi connectivity index (χ0v) is 15.4. The Kier molecular flexibility index (Phi) is 4.29. The molecule has 1 aliphatic heterocycles. The van der Waals surface area contributed by atoms with Crippen molar-refractivity contribution in [3.8, 4) is 5.75 Å². The molecule has 2 aliphatic carbocycles. The van der Waals surface area contributed by atoms with Crippen LogP contribution in [-0.2, 0) is 11.2 Å². The van der Waals surface area contributed by atoms with Crippen LogP contribution in [0.5, 0.6) is 5.75 Å². The van der Waals surface area contributed by atoms with Crippen LogP contribution in [-0.4, -0.2) is 48.4 Å². The SMILES string of the molecule is COC[C@@]1(C)Cc2cc(C(=O)NC3C4=C(C=C=C=C4)C(F)(F)[C@H]3O)ccc2O1. The first-order valence-electron chi connectivity index (χ1n) is 8.85. The van der Waals surface area contributed by atoms with Gasteiger partial charge in [0.2, 0.25) is 0 Å². The molecular weight excluding hydrogens is 368 g/mol. The van der Waals surface area contributed by atoms with Crippen LogP contribution >= 0.6 is 0 Å². The van der Waals surface area contributed by atoms with Gasteiger partial charge in [-0.2, -0.15) is 8.78 Å². The fraction of sp³-hybridized carbons (Fsp3) is 0.381. The summed E-state index contributed by atoms with van der Waals surface area (Å²) < 4.78 is 39.7. The number of nitrogens with one attached hydrogen (secondary N) is 1. The van der Waals surface area contributed by atoms with E-state index in [2.05, 4.69) is 16.8 Å². The number of aliphatic hydroxyl groups is 1. The Labute approximate surface area is 160 Å². The monoisotopic (exact) mass is 387 g/mol. The minimum Gasteiger partial charge on any atom is -0.485 e. The smallest absolute Gasteiger partial charge is 0.301 e. The Morgan fingerprint density at radius 1 is 1.39 bits per heavy atom. The molecule has 1 amide bonds. The number of hydrogen-bond acceptors (Lipinski definition) is 4. The van der Waals surface area contributed by atoms with E-state index < -0.39 is 29.6 Å². The molecule has 2 N–H and O–H groups in total. The van der Waals surface area contributed by atoms with E-state index in [1.807, 2.05) is 6.92 Å². The van der Waals surface area contributed by atoms with Crippen molar-refractivity contribution in [1.29, 1.82) is 0 Å². The second-order valence-electron chi connectivity index (χ2n) is 7.45. The number of allylic oxidation sites excluding steroid dienone is 1. The number of halogens is 2. The van der Waals surface area contributed by atoms with Crippen molar-refractivity contribution in [3.63, 3.8) is 0 Å². The molecule has 28 heavy (non-hydrogen) atoms. The molecule has 0 fully saturated rings. The van der Waals surface area contributed by atoms with E-state index in [1.54, 1.807) is 25.3 Å². The topological polar surface area (TPSA) is 67.8 Å². The number of carbonyl (C=O) groups is 1. The van der Waals surface area contributed by atoms with E-state index in [1.165, 1.54) is 6.08 Å². The van der Waals surface area contributed by atoms with Gasteiger partial charge in [-0.25, -0.2) is 0 Å². The standard InChI is InChI=1S/C21H19F2NO4/c1-20(11-27-2)10-13-9-12(7-8-16(13)28-20)19(26)24-17-14-5-3-4-6-15(14)21(22,23)18(17)25/h5-9,17-18,25H,10-11H2,1-2H3,(H,24,26)/t17?,18-,20+/m0/s1. The van der Waals surface area contributed by atoms with Gasteiger partial charge in [0.1, 0.15) is 17.5 Å². The van der Waals surface area contributed by atoms with Crippen LogP contribution in [0.4, 0.5) is 8.78 Å². The number of hydrogen-bond donors (Lipinski definition) is 2. The maximum Gasteiger partial charge on any atom is 0.301 e. The number of ether oxygens (including phenoxy) is 2. The Hall–Kier alpha value is -2.69. The highest BCUT2D eigenvalue weighted by molar-refractivity contribution is 5.95. The summed E-state index contributed by atoms with van der Waals surface area (Å²) in [5, 5.41) is 12.6. The fourth-order valence-corrected chi connectivity index (χ4v) is 3.91. The maximum atomic E-state index is 14.3. The summed E-state index contributed by atoms with van der Waals surface area (Å²) in [7, 11) is 1.59. The summed E-state index contributed by atoms with van der Waals surface area (Å²) in [6, 6.07) is 3.70. The van der Waals surface area contributed by atoms with Crippen LogP contribution in [0, 0.1) is 0 Å². The van der Waals surface area contributed by atoms with E-state index in [0.717, 1.165) is 11.6 Å². The van der Waals surface area contributed by atoms with Crippen LogP contribution in [0.15, 0.2) is 53.0 Å². The molecule has 1 heterocycles. The highest BCUT2D eigenvalue weighted by Gasteiger charge is 2.54. The molecule has 0 aromatic heterocycles. The van der Waals surface area contributed by atoms with Gasteiger partial charge in [0.15, 0.2) is 0 Å². The number of benzene rings is 1. The predicted molar refractivity (Wildman–Crippen MR) is 96.5 cm³/mol. The summed E-state index contributed by atoms with van der Waals surface area (Å²) in [6.45, 7) is 2.31. The van der Waals surface area contributed by atoms with Gasteiger partial charge in [0.25, 0.3) is 5.91 Å². The first-order chi connectivity index (χ1) is 13.2. The number of methoxy groups -OCH3 is 1. The van der Waals surface area contributed by atoms with Crippen LogP contribution in [0.3, 0.4) is 0 Å². The molecule has 0 radical (unpaired) electrons. The van der Waals surface area contributed by atoms with Crippen molar-refractivity contribution in [2.75, 3.05) is 13.7 Å². The lowest BCUT2D eigenvalue weighted by Crippen LogP contribution is -2.47. The van der Waals surface area contributed by atoms with E-state index >= 15 is 0 Å². The van der Waals surface area contributed by atoms with Crippen molar-refractivity contribution in [3.05, 3.63) is 64.1 Å². The Bertz CT molecular complexity index is 986. The molecule has 0 bridgehead atoms. The molecule has 1 unspecified atom stereocenters. The van der Waals surface area contributed by atoms with E-state index in [9.17, 15) is 18.7 Å². The third kappa shape index (κ3) is 2.89. The normalized spacial score (nSPS) is 28.9. The molecule has 0 spiro atoms. The van der Waals surface area contributed by atoms with Crippen LogP contribution in [0.2, 0.25) is 0 Å². The molecular formula is C21H19F2NO4. The quantitative estimate of drug-likeness (QED) is 0.778. The average Bonchev–Trinajstić information content (AvgIpc) is 3.08. The van der Waals surface area contributed by atoms with Crippen molar-refractivity contribution < 1.29 is 28.2 Å². The van der Waals surface area contributed by atoms with Gasteiger partial charge >= 0.3 is 5.92 Å². The van der Waals surface area contributed by atoms with E-state index in [-0.39, 0.29) is 11.1 Å². The molecule has 3 atom stereocenters. The molecule has 3 aliphatic rings. The van der Waals surface area contributed by atoms with E-state index in [4.69, 9.17) is 9.47 Å². The summed E-state index contributed by atoms with van der Waals surface area (Å²) in [4.78, 5) is 12.7. The van der Waals surface area contributed by atoms with Gasteiger partial charge in [-0.1, -0.05) is 11.5 Å². The minimum absolute atomic E-state index is 0.141. The van der Waals surface area contributed by atoms with Crippen molar-refractivity contribution in [1.82, 2.24) is 5.32 Å². The Morgan fingerprint density at radius 2 is 2.14 bits per heavy atom. The first kappa shape index (κ1) is 18.7. The molecule has 1 aromatic carbocycles.